The second-order valence-electron chi connectivity index (χ2n) is 3.95. The van der Waals surface area contributed by atoms with E-state index in [2.05, 4.69) is 41.9 Å². The average molecular weight is 233 g/mol. The molecule has 1 aromatic carbocycles. The molecule has 0 aliphatic carbocycles. The van der Waals surface area contributed by atoms with Gasteiger partial charge in [-0.1, -0.05) is 17.4 Å². The number of aryl methyl sites for hydroxylation is 2. The Morgan fingerprint density at radius 3 is 2.31 bits per heavy atom. The monoisotopic (exact) mass is 233 g/mol. The van der Waals surface area contributed by atoms with E-state index >= 15 is 0 Å². The Labute approximate surface area is 99.5 Å². The SMILES string of the molecule is Cc1cc(C)cc(N(C)c2ncc(N)s2)c1. The van der Waals surface area contributed by atoms with Crippen LogP contribution in [0.1, 0.15) is 11.1 Å². The van der Waals surface area contributed by atoms with Crippen LogP contribution in [0, 0.1) is 13.8 Å². The Morgan fingerprint density at radius 1 is 1.19 bits per heavy atom. The highest BCUT2D eigenvalue weighted by Crippen LogP contribution is 2.30. The van der Waals surface area contributed by atoms with Crippen LogP contribution < -0.4 is 10.6 Å². The summed E-state index contributed by atoms with van der Waals surface area (Å²) in [5.41, 5.74) is 9.34. The Morgan fingerprint density at radius 2 is 1.81 bits per heavy atom. The van der Waals surface area contributed by atoms with Gasteiger partial charge < -0.3 is 10.6 Å². The van der Waals surface area contributed by atoms with Crippen molar-refractivity contribution in [3.63, 3.8) is 0 Å². The third-order valence-electron chi connectivity index (χ3n) is 2.39. The fourth-order valence-corrected chi connectivity index (χ4v) is 2.35. The Hall–Kier alpha value is -1.55. The second kappa shape index (κ2) is 4.14. The molecule has 2 N–H and O–H groups in total. The number of nitrogens with zero attached hydrogens (tertiary/aromatic N) is 2. The number of hydrogen-bond acceptors (Lipinski definition) is 4. The van der Waals surface area contributed by atoms with Crippen LogP contribution in [0.25, 0.3) is 0 Å². The van der Waals surface area contributed by atoms with E-state index in [0.717, 1.165) is 15.8 Å². The molecule has 1 aromatic heterocycles. The lowest BCUT2D eigenvalue weighted by Gasteiger charge is -2.17. The molecule has 0 bridgehead atoms. The molecule has 0 fully saturated rings. The zero-order valence-electron chi connectivity index (χ0n) is 9.69. The van der Waals surface area contributed by atoms with Gasteiger partial charge in [0.1, 0.15) is 5.00 Å². The molecular weight excluding hydrogens is 218 g/mol. The Bertz CT molecular complexity index is 484. The minimum absolute atomic E-state index is 0.742. The third kappa shape index (κ3) is 2.17. The molecule has 0 saturated carbocycles. The normalized spacial score (nSPS) is 10.4. The number of hydrogen-bond donors (Lipinski definition) is 1. The van der Waals surface area contributed by atoms with E-state index < -0.39 is 0 Å². The molecule has 2 rings (SSSR count). The van der Waals surface area contributed by atoms with Crippen LogP contribution >= 0.6 is 11.3 Å². The van der Waals surface area contributed by atoms with Crippen LogP contribution in [0.4, 0.5) is 15.8 Å². The van der Waals surface area contributed by atoms with Crippen molar-refractivity contribution in [3.8, 4) is 0 Å². The topological polar surface area (TPSA) is 42.2 Å². The summed E-state index contributed by atoms with van der Waals surface area (Å²) in [5.74, 6) is 0. The van der Waals surface area contributed by atoms with Crippen LogP contribution in [-0.2, 0) is 0 Å². The maximum Gasteiger partial charge on any atom is 0.191 e. The molecule has 0 aliphatic heterocycles. The number of nitrogens with two attached hydrogens (primary N) is 1. The van der Waals surface area contributed by atoms with Crippen LogP contribution in [0.15, 0.2) is 24.4 Å². The lowest BCUT2D eigenvalue weighted by atomic mass is 10.1. The first-order valence-electron chi connectivity index (χ1n) is 5.09. The fraction of sp³-hybridized carbons (Fsp3) is 0.250. The molecule has 3 nitrogen and oxygen atoms in total. The van der Waals surface area contributed by atoms with E-state index in [1.165, 1.54) is 22.5 Å². The Balaban J connectivity index is 2.37. The fourth-order valence-electron chi connectivity index (χ4n) is 1.69. The van der Waals surface area contributed by atoms with Gasteiger partial charge in [-0.3, -0.25) is 0 Å². The largest absolute Gasteiger partial charge is 0.389 e. The minimum Gasteiger partial charge on any atom is -0.389 e. The summed E-state index contributed by atoms with van der Waals surface area (Å²) in [6.07, 6.45) is 1.69. The average Bonchev–Trinajstić information content (AvgIpc) is 2.62. The summed E-state index contributed by atoms with van der Waals surface area (Å²) < 4.78 is 0. The minimum atomic E-state index is 0.742. The van der Waals surface area contributed by atoms with Gasteiger partial charge in [-0.15, -0.1) is 0 Å². The molecule has 0 radical (unpaired) electrons. The van der Waals surface area contributed by atoms with Gasteiger partial charge in [0.05, 0.1) is 6.20 Å². The van der Waals surface area contributed by atoms with E-state index in [0.29, 0.717) is 0 Å². The predicted octanol–water partition coefficient (Wildman–Crippen LogP) is 3.11. The quantitative estimate of drug-likeness (QED) is 0.866. The summed E-state index contributed by atoms with van der Waals surface area (Å²) in [7, 11) is 2.01. The standard InChI is InChI=1S/C12H15N3S/c1-8-4-9(2)6-10(5-8)15(3)12-14-7-11(13)16-12/h4-7H,13H2,1-3H3. The summed E-state index contributed by atoms with van der Waals surface area (Å²) in [6, 6.07) is 6.45. The summed E-state index contributed by atoms with van der Waals surface area (Å²) in [5, 5.41) is 1.66. The van der Waals surface area contributed by atoms with Gasteiger partial charge in [-0.05, 0) is 37.1 Å². The van der Waals surface area contributed by atoms with Crippen molar-refractivity contribution < 1.29 is 0 Å². The zero-order valence-corrected chi connectivity index (χ0v) is 10.5. The molecule has 0 atom stereocenters. The number of aromatic nitrogens is 1. The molecule has 84 valence electrons. The molecule has 4 heteroatoms. The van der Waals surface area contributed by atoms with Crippen molar-refractivity contribution in [1.82, 2.24) is 4.98 Å². The highest BCUT2D eigenvalue weighted by Gasteiger charge is 2.08. The van der Waals surface area contributed by atoms with Gasteiger partial charge in [-0.25, -0.2) is 4.98 Å². The maximum atomic E-state index is 5.68. The van der Waals surface area contributed by atoms with Gasteiger partial charge in [0.25, 0.3) is 0 Å². The van der Waals surface area contributed by atoms with Crippen molar-refractivity contribution in [1.29, 1.82) is 0 Å². The lowest BCUT2D eigenvalue weighted by Crippen LogP contribution is -2.09. The van der Waals surface area contributed by atoms with Gasteiger partial charge in [0, 0.05) is 12.7 Å². The predicted molar refractivity (Wildman–Crippen MR) is 70.5 cm³/mol. The van der Waals surface area contributed by atoms with Crippen LogP contribution in [-0.4, -0.2) is 12.0 Å². The van der Waals surface area contributed by atoms with Gasteiger partial charge >= 0.3 is 0 Å². The lowest BCUT2D eigenvalue weighted by molar-refractivity contribution is 1.16. The van der Waals surface area contributed by atoms with Gasteiger partial charge in [0.15, 0.2) is 5.13 Å². The van der Waals surface area contributed by atoms with E-state index in [-0.39, 0.29) is 0 Å². The highest BCUT2D eigenvalue weighted by molar-refractivity contribution is 7.19. The van der Waals surface area contributed by atoms with Crippen molar-refractivity contribution in [2.24, 2.45) is 0 Å². The summed E-state index contributed by atoms with van der Waals surface area (Å²) >= 11 is 1.49. The molecule has 0 spiro atoms. The van der Waals surface area contributed by atoms with Crippen molar-refractivity contribution >= 4 is 27.2 Å². The number of nitrogen functional groups attached to an aromatic ring is 1. The number of benzene rings is 1. The Kier molecular flexibility index (Phi) is 2.83. The molecule has 0 saturated heterocycles. The molecular formula is C12H15N3S. The van der Waals surface area contributed by atoms with E-state index in [1.807, 2.05) is 7.05 Å². The number of anilines is 3. The zero-order chi connectivity index (χ0) is 11.7. The van der Waals surface area contributed by atoms with Crippen molar-refractivity contribution in [2.75, 3.05) is 17.7 Å². The number of thiazole rings is 1. The summed E-state index contributed by atoms with van der Waals surface area (Å²) in [4.78, 5) is 6.33. The van der Waals surface area contributed by atoms with Gasteiger partial charge in [-0.2, -0.15) is 0 Å². The molecule has 0 aliphatic rings. The highest BCUT2D eigenvalue weighted by atomic mass is 32.1. The van der Waals surface area contributed by atoms with Crippen LogP contribution in [0.3, 0.4) is 0 Å². The van der Waals surface area contributed by atoms with Crippen molar-refractivity contribution in [3.05, 3.63) is 35.5 Å². The first kappa shape index (κ1) is 11.0. The van der Waals surface area contributed by atoms with Crippen LogP contribution in [0.2, 0.25) is 0 Å². The third-order valence-corrected chi connectivity index (χ3v) is 3.30. The van der Waals surface area contributed by atoms with Gasteiger partial charge in [0.2, 0.25) is 0 Å². The van der Waals surface area contributed by atoms with E-state index in [4.69, 9.17) is 5.73 Å². The molecule has 2 aromatic rings. The summed E-state index contributed by atoms with van der Waals surface area (Å²) in [6.45, 7) is 4.20. The van der Waals surface area contributed by atoms with Crippen LogP contribution in [0.5, 0.6) is 0 Å². The molecule has 0 amide bonds. The smallest absolute Gasteiger partial charge is 0.191 e. The first-order chi connectivity index (χ1) is 7.56. The number of rotatable bonds is 2. The molecule has 1 heterocycles. The molecule has 16 heavy (non-hydrogen) atoms. The maximum absolute atomic E-state index is 5.68. The van der Waals surface area contributed by atoms with E-state index in [9.17, 15) is 0 Å². The first-order valence-corrected chi connectivity index (χ1v) is 5.91. The van der Waals surface area contributed by atoms with E-state index in [1.54, 1.807) is 6.20 Å². The van der Waals surface area contributed by atoms with Crippen molar-refractivity contribution in [2.45, 2.75) is 13.8 Å². The second-order valence-corrected chi connectivity index (χ2v) is 4.99. The molecule has 0 unspecified atom stereocenters.